The van der Waals surface area contributed by atoms with Crippen LogP contribution in [0.2, 0.25) is 0 Å². The van der Waals surface area contributed by atoms with E-state index in [-0.39, 0.29) is 12.5 Å². The third-order valence-electron chi connectivity index (χ3n) is 2.58. The maximum absolute atomic E-state index is 11.8. The molecule has 1 aliphatic rings. The summed E-state index contributed by atoms with van der Waals surface area (Å²) in [6, 6.07) is 1.74. The molecule has 0 saturated carbocycles. The summed E-state index contributed by atoms with van der Waals surface area (Å²) in [7, 11) is 0. The highest BCUT2D eigenvalue weighted by atomic mass is 16.5. The fourth-order valence-corrected chi connectivity index (χ4v) is 1.53. The summed E-state index contributed by atoms with van der Waals surface area (Å²) in [6.07, 6.45) is 3.63. The number of amides is 1. The van der Waals surface area contributed by atoms with Crippen LogP contribution in [-0.2, 0) is 16.1 Å². The Morgan fingerprint density at radius 3 is 3.19 bits per heavy atom. The van der Waals surface area contributed by atoms with Gasteiger partial charge in [0, 0.05) is 12.8 Å². The van der Waals surface area contributed by atoms with E-state index in [0.717, 1.165) is 5.69 Å². The zero-order chi connectivity index (χ0) is 11.4. The lowest BCUT2D eigenvalue weighted by molar-refractivity contribution is -0.126. The standard InChI is InChI=1S/C10H14N4O2/c11-10(2-4-16-6-10)9(15)13-5-8-1-3-12-7-14-8/h1,3,7H,2,4-6,11H2,(H,13,15). The Morgan fingerprint density at radius 1 is 1.69 bits per heavy atom. The second-order valence-corrected chi connectivity index (χ2v) is 3.84. The van der Waals surface area contributed by atoms with Gasteiger partial charge < -0.3 is 15.8 Å². The number of ether oxygens (including phenoxy) is 1. The molecule has 1 fully saturated rings. The van der Waals surface area contributed by atoms with E-state index in [1.165, 1.54) is 6.33 Å². The predicted molar refractivity (Wildman–Crippen MR) is 56.2 cm³/mol. The first-order valence-corrected chi connectivity index (χ1v) is 5.10. The van der Waals surface area contributed by atoms with Gasteiger partial charge in [0.1, 0.15) is 11.9 Å². The number of aromatic nitrogens is 2. The van der Waals surface area contributed by atoms with Crippen molar-refractivity contribution in [2.75, 3.05) is 13.2 Å². The highest BCUT2D eigenvalue weighted by molar-refractivity contribution is 5.86. The Labute approximate surface area is 93.2 Å². The molecule has 6 nitrogen and oxygen atoms in total. The minimum Gasteiger partial charge on any atom is -0.379 e. The van der Waals surface area contributed by atoms with Gasteiger partial charge in [-0.1, -0.05) is 0 Å². The average Bonchev–Trinajstić information content (AvgIpc) is 2.76. The Hall–Kier alpha value is -1.53. The van der Waals surface area contributed by atoms with Crippen molar-refractivity contribution in [3.8, 4) is 0 Å². The van der Waals surface area contributed by atoms with Crippen molar-refractivity contribution < 1.29 is 9.53 Å². The average molecular weight is 222 g/mol. The topological polar surface area (TPSA) is 90.1 Å². The van der Waals surface area contributed by atoms with Crippen LogP contribution in [-0.4, -0.2) is 34.6 Å². The normalized spacial score (nSPS) is 24.3. The first-order chi connectivity index (χ1) is 7.71. The maximum Gasteiger partial charge on any atom is 0.242 e. The van der Waals surface area contributed by atoms with E-state index in [1.807, 2.05) is 0 Å². The van der Waals surface area contributed by atoms with Crippen LogP contribution in [0.3, 0.4) is 0 Å². The molecule has 1 atom stereocenters. The monoisotopic (exact) mass is 222 g/mol. The van der Waals surface area contributed by atoms with E-state index in [9.17, 15) is 4.79 Å². The zero-order valence-corrected chi connectivity index (χ0v) is 8.85. The number of carbonyl (C=O) groups is 1. The summed E-state index contributed by atoms with van der Waals surface area (Å²) in [6.45, 7) is 1.18. The van der Waals surface area contributed by atoms with Crippen LogP contribution in [0.5, 0.6) is 0 Å². The minimum atomic E-state index is -0.882. The Morgan fingerprint density at radius 2 is 2.56 bits per heavy atom. The van der Waals surface area contributed by atoms with Gasteiger partial charge in [-0.25, -0.2) is 9.97 Å². The summed E-state index contributed by atoms with van der Waals surface area (Å²) >= 11 is 0. The molecule has 2 rings (SSSR count). The van der Waals surface area contributed by atoms with Gasteiger partial charge in [0.15, 0.2) is 0 Å². The van der Waals surface area contributed by atoms with Crippen molar-refractivity contribution in [1.29, 1.82) is 0 Å². The molecule has 1 aliphatic heterocycles. The van der Waals surface area contributed by atoms with Crippen molar-refractivity contribution in [2.24, 2.45) is 5.73 Å². The summed E-state index contributed by atoms with van der Waals surface area (Å²) in [5.41, 5.74) is 5.77. The van der Waals surface area contributed by atoms with E-state index >= 15 is 0 Å². The SMILES string of the molecule is NC1(C(=O)NCc2ccncn2)CCOC1. The van der Waals surface area contributed by atoms with Gasteiger partial charge >= 0.3 is 0 Å². The number of hydrogen-bond acceptors (Lipinski definition) is 5. The lowest BCUT2D eigenvalue weighted by Crippen LogP contribution is -2.54. The molecule has 2 heterocycles. The summed E-state index contributed by atoms with van der Waals surface area (Å²) in [5, 5.41) is 2.75. The van der Waals surface area contributed by atoms with Crippen molar-refractivity contribution >= 4 is 5.91 Å². The maximum atomic E-state index is 11.8. The molecular formula is C10H14N4O2. The third-order valence-corrected chi connectivity index (χ3v) is 2.58. The number of carbonyl (C=O) groups excluding carboxylic acids is 1. The molecule has 1 amide bonds. The van der Waals surface area contributed by atoms with Gasteiger partial charge in [-0.15, -0.1) is 0 Å². The molecule has 1 aromatic heterocycles. The van der Waals surface area contributed by atoms with Gasteiger partial charge in [0.25, 0.3) is 0 Å². The highest BCUT2D eigenvalue weighted by Gasteiger charge is 2.37. The van der Waals surface area contributed by atoms with E-state index in [0.29, 0.717) is 19.6 Å². The largest absolute Gasteiger partial charge is 0.379 e. The first kappa shape index (κ1) is 11.0. The molecule has 3 N–H and O–H groups in total. The van der Waals surface area contributed by atoms with Crippen LogP contribution < -0.4 is 11.1 Å². The number of nitrogens with one attached hydrogen (secondary N) is 1. The number of rotatable bonds is 3. The van der Waals surface area contributed by atoms with Gasteiger partial charge in [0.05, 0.1) is 18.8 Å². The summed E-state index contributed by atoms with van der Waals surface area (Å²) in [4.78, 5) is 19.6. The van der Waals surface area contributed by atoms with Gasteiger partial charge in [-0.3, -0.25) is 4.79 Å². The molecule has 16 heavy (non-hydrogen) atoms. The molecule has 0 bridgehead atoms. The van der Waals surface area contributed by atoms with Crippen molar-refractivity contribution in [1.82, 2.24) is 15.3 Å². The predicted octanol–water partition coefficient (Wildman–Crippen LogP) is -0.789. The molecule has 1 aromatic rings. The van der Waals surface area contributed by atoms with Gasteiger partial charge in [0.2, 0.25) is 5.91 Å². The second-order valence-electron chi connectivity index (χ2n) is 3.84. The van der Waals surface area contributed by atoms with Crippen LogP contribution in [0, 0.1) is 0 Å². The van der Waals surface area contributed by atoms with Gasteiger partial charge in [-0.05, 0) is 12.5 Å². The summed E-state index contributed by atoms with van der Waals surface area (Å²) in [5.74, 6) is -0.191. The van der Waals surface area contributed by atoms with Crippen molar-refractivity contribution in [3.63, 3.8) is 0 Å². The van der Waals surface area contributed by atoms with Crippen LogP contribution in [0.4, 0.5) is 0 Å². The fraction of sp³-hybridized carbons (Fsp3) is 0.500. The van der Waals surface area contributed by atoms with E-state index in [2.05, 4.69) is 15.3 Å². The number of nitrogens with zero attached hydrogens (tertiary/aromatic N) is 2. The Balaban J connectivity index is 1.89. The van der Waals surface area contributed by atoms with Crippen LogP contribution in [0.25, 0.3) is 0 Å². The highest BCUT2D eigenvalue weighted by Crippen LogP contribution is 2.15. The van der Waals surface area contributed by atoms with E-state index in [4.69, 9.17) is 10.5 Å². The zero-order valence-electron chi connectivity index (χ0n) is 8.85. The quantitative estimate of drug-likeness (QED) is 0.699. The number of hydrogen-bond donors (Lipinski definition) is 2. The molecule has 1 saturated heterocycles. The smallest absolute Gasteiger partial charge is 0.242 e. The Bertz CT molecular complexity index is 362. The summed E-state index contributed by atoms with van der Waals surface area (Å²) < 4.78 is 5.12. The molecule has 6 heteroatoms. The molecular weight excluding hydrogens is 208 g/mol. The van der Waals surface area contributed by atoms with Crippen molar-refractivity contribution in [3.05, 3.63) is 24.3 Å². The first-order valence-electron chi connectivity index (χ1n) is 5.10. The van der Waals surface area contributed by atoms with E-state index in [1.54, 1.807) is 12.3 Å². The van der Waals surface area contributed by atoms with Crippen LogP contribution >= 0.6 is 0 Å². The fourth-order valence-electron chi connectivity index (χ4n) is 1.53. The Kier molecular flexibility index (Phi) is 3.12. The molecule has 86 valence electrons. The molecule has 0 aromatic carbocycles. The van der Waals surface area contributed by atoms with Crippen LogP contribution in [0.15, 0.2) is 18.6 Å². The van der Waals surface area contributed by atoms with Crippen LogP contribution in [0.1, 0.15) is 12.1 Å². The minimum absolute atomic E-state index is 0.191. The second kappa shape index (κ2) is 4.54. The number of nitrogens with two attached hydrogens (primary N) is 1. The molecule has 0 aliphatic carbocycles. The lowest BCUT2D eigenvalue weighted by atomic mass is 9.99. The molecule has 0 radical (unpaired) electrons. The molecule has 0 spiro atoms. The lowest BCUT2D eigenvalue weighted by Gasteiger charge is -2.20. The third kappa shape index (κ3) is 2.34. The van der Waals surface area contributed by atoms with Gasteiger partial charge in [-0.2, -0.15) is 0 Å². The van der Waals surface area contributed by atoms with Crippen molar-refractivity contribution in [2.45, 2.75) is 18.5 Å². The molecule has 1 unspecified atom stereocenters. The van der Waals surface area contributed by atoms with E-state index < -0.39 is 5.54 Å².